The second kappa shape index (κ2) is 7.55. The quantitative estimate of drug-likeness (QED) is 0.902. The summed E-state index contributed by atoms with van der Waals surface area (Å²) in [5, 5.41) is 6.95. The zero-order chi connectivity index (χ0) is 17.8. The van der Waals surface area contributed by atoms with Gasteiger partial charge in [-0.25, -0.2) is 4.79 Å². The number of aryl methyl sites for hydroxylation is 2. The predicted octanol–water partition coefficient (Wildman–Crippen LogP) is 3.00. The molecule has 7 heteroatoms. The van der Waals surface area contributed by atoms with Crippen molar-refractivity contribution in [3.8, 4) is 5.75 Å². The van der Waals surface area contributed by atoms with E-state index in [9.17, 15) is 4.79 Å². The number of nitrogens with zero attached hydrogens (tertiary/aromatic N) is 3. The number of aromatic nitrogens is 2. The number of nitrogens with one attached hydrogen (secondary N) is 1. The van der Waals surface area contributed by atoms with Gasteiger partial charge in [0, 0.05) is 13.5 Å². The molecule has 0 bridgehead atoms. The zero-order valence-electron chi connectivity index (χ0n) is 14.9. The average molecular weight is 344 g/mol. The molecule has 0 spiro atoms. The molecule has 7 nitrogen and oxygen atoms in total. The monoisotopic (exact) mass is 344 g/mol. The summed E-state index contributed by atoms with van der Waals surface area (Å²) < 4.78 is 10.8. The van der Waals surface area contributed by atoms with E-state index in [-0.39, 0.29) is 18.1 Å². The highest BCUT2D eigenvalue weighted by atomic mass is 16.5. The summed E-state index contributed by atoms with van der Waals surface area (Å²) >= 11 is 0. The molecule has 2 atom stereocenters. The summed E-state index contributed by atoms with van der Waals surface area (Å²) in [6.45, 7) is 6.80. The normalized spacial score (nSPS) is 18.2. The molecule has 2 amide bonds. The number of urea groups is 1. The van der Waals surface area contributed by atoms with Gasteiger partial charge in [-0.1, -0.05) is 17.3 Å². The molecule has 0 unspecified atom stereocenters. The molecule has 1 aliphatic rings. The fourth-order valence-corrected chi connectivity index (χ4v) is 2.99. The Morgan fingerprint density at radius 2 is 2.32 bits per heavy atom. The lowest BCUT2D eigenvalue weighted by Gasteiger charge is -2.25. The molecule has 134 valence electrons. The maximum absolute atomic E-state index is 12.6. The van der Waals surface area contributed by atoms with Crippen molar-refractivity contribution in [3.05, 3.63) is 41.5 Å². The lowest BCUT2D eigenvalue weighted by atomic mass is 10.2. The van der Waals surface area contributed by atoms with Gasteiger partial charge in [-0.2, -0.15) is 4.98 Å². The molecule has 0 aliphatic carbocycles. The number of likely N-dealkylation sites (tertiary alicyclic amines) is 1. The van der Waals surface area contributed by atoms with Crippen LogP contribution in [0.3, 0.4) is 0 Å². The molecule has 2 heterocycles. The molecular weight excluding hydrogens is 320 g/mol. The van der Waals surface area contributed by atoms with Crippen molar-refractivity contribution in [1.29, 1.82) is 0 Å². The first-order valence-electron chi connectivity index (χ1n) is 8.60. The van der Waals surface area contributed by atoms with Crippen LogP contribution in [0.15, 0.2) is 28.8 Å². The molecule has 1 aliphatic heterocycles. The maximum atomic E-state index is 12.6. The van der Waals surface area contributed by atoms with Gasteiger partial charge >= 0.3 is 6.03 Å². The number of rotatable bonds is 5. The van der Waals surface area contributed by atoms with Crippen LogP contribution in [-0.4, -0.2) is 40.3 Å². The Kier molecular flexibility index (Phi) is 5.21. The first-order chi connectivity index (χ1) is 12.0. The summed E-state index contributed by atoms with van der Waals surface area (Å²) in [6.07, 6.45) is 1.78. The number of hydrogen-bond acceptors (Lipinski definition) is 5. The summed E-state index contributed by atoms with van der Waals surface area (Å²) in [7, 11) is 0. The Balaban J connectivity index is 1.54. The van der Waals surface area contributed by atoms with Crippen molar-refractivity contribution in [1.82, 2.24) is 20.4 Å². The standard InChI is InChI=1S/C18H24N4O3/c1-12-6-4-7-15(10-12)24-11-13(2)19-18(23)22-9-5-8-16(22)17-20-14(3)25-21-17/h4,6-7,10,13,16H,5,8-9,11H2,1-3H3,(H,19,23)/t13-,16+/m0/s1. The van der Waals surface area contributed by atoms with Crippen molar-refractivity contribution < 1.29 is 14.1 Å². The molecule has 0 radical (unpaired) electrons. The van der Waals surface area contributed by atoms with Gasteiger partial charge in [-0.05, 0) is 44.4 Å². The van der Waals surface area contributed by atoms with Gasteiger partial charge in [0.15, 0.2) is 5.82 Å². The van der Waals surface area contributed by atoms with Crippen LogP contribution in [0.25, 0.3) is 0 Å². The Morgan fingerprint density at radius 1 is 1.48 bits per heavy atom. The summed E-state index contributed by atoms with van der Waals surface area (Å²) in [5.74, 6) is 1.90. The van der Waals surface area contributed by atoms with Crippen molar-refractivity contribution >= 4 is 6.03 Å². The Bertz CT molecular complexity index is 731. The van der Waals surface area contributed by atoms with Gasteiger partial charge in [0.05, 0.1) is 12.1 Å². The number of ether oxygens (including phenoxy) is 1. The fourth-order valence-electron chi connectivity index (χ4n) is 2.99. The van der Waals surface area contributed by atoms with Crippen LogP contribution in [-0.2, 0) is 0 Å². The SMILES string of the molecule is Cc1cccc(OC[C@H](C)NC(=O)N2CCC[C@@H]2c2noc(C)n2)c1. The van der Waals surface area contributed by atoms with E-state index in [1.807, 2.05) is 38.1 Å². The van der Waals surface area contributed by atoms with Gasteiger partial charge in [-0.3, -0.25) is 0 Å². The molecular formula is C18H24N4O3. The summed E-state index contributed by atoms with van der Waals surface area (Å²) in [4.78, 5) is 18.6. The van der Waals surface area contributed by atoms with Crippen molar-refractivity contribution in [2.24, 2.45) is 0 Å². The maximum Gasteiger partial charge on any atom is 0.318 e. The first kappa shape index (κ1) is 17.3. The molecule has 1 aromatic heterocycles. The van der Waals surface area contributed by atoms with E-state index in [4.69, 9.17) is 9.26 Å². The van der Waals surface area contributed by atoms with E-state index in [0.717, 1.165) is 24.2 Å². The third-order valence-corrected chi connectivity index (χ3v) is 4.21. The average Bonchev–Trinajstić information content (AvgIpc) is 3.21. The van der Waals surface area contributed by atoms with E-state index in [0.29, 0.717) is 24.9 Å². The van der Waals surface area contributed by atoms with Crippen LogP contribution < -0.4 is 10.1 Å². The summed E-state index contributed by atoms with van der Waals surface area (Å²) in [5.41, 5.74) is 1.14. The highest BCUT2D eigenvalue weighted by molar-refractivity contribution is 5.75. The van der Waals surface area contributed by atoms with E-state index >= 15 is 0 Å². The molecule has 25 heavy (non-hydrogen) atoms. The van der Waals surface area contributed by atoms with Gasteiger partial charge in [0.2, 0.25) is 5.89 Å². The second-order valence-electron chi connectivity index (χ2n) is 6.50. The number of hydrogen-bond donors (Lipinski definition) is 1. The van der Waals surface area contributed by atoms with E-state index in [1.54, 1.807) is 11.8 Å². The van der Waals surface area contributed by atoms with Crippen molar-refractivity contribution in [2.45, 2.75) is 45.7 Å². The van der Waals surface area contributed by atoms with Gasteiger partial charge < -0.3 is 19.5 Å². The largest absolute Gasteiger partial charge is 0.491 e. The Morgan fingerprint density at radius 3 is 3.04 bits per heavy atom. The lowest BCUT2D eigenvalue weighted by Crippen LogP contribution is -2.45. The van der Waals surface area contributed by atoms with Crippen LogP contribution >= 0.6 is 0 Å². The molecule has 1 fully saturated rings. The molecule has 1 N–H and O–H groups in total. The second-order valence-corrected chi connectivity index (χ2v) is 6.50. The molecule has 0 saturated carbocycles. The van der Waals surface area contributed by atoms with Crippen LogP contribution in [0.5, 0.6) is 5.75 Å². The van der Waals surface area contributed by atoms with E-state index in [1.165, 1.54) is 0 Å². The molecule has 3 rings (SSSR count). The first-order valence-corrected chi connectivity index (χ1v) is 8.60. The minimum absolute atomic E-state index is 0.110. The van der Waals surface area contributed by atoms with Gasteiger partial charge in [0.25, 0.3) is 0 Å². The van der Waals surface area contributed by atoms with E-state index in [2.05, 4.69) is 15.5 Å². The zero-order valence-corrected chi connectivity index (χ0v) is 14.9. The minimum atomic E-state index is -0.123. The third kappa shape index (κ3) is 4.29. The van der Waals surface area contributed by atoms with Crippen molar-refractivity contribution in [2.75, 3.05) is 13.2 Å². The smallest absolute Gasteiger partial charge is 0.318 e. The van der Waals surface area contributed by atoms with Crippen LogP contribution in [0.4, 0.5) is 4.79 Å². The topological polar surface area (TPSA) is 80.5 Å². The van der Waals surface area contributed by atoms with Crippen molar-refractivity contribution in [3.63, 3.8) is 0 Å². The molecule has 1 saturated heterocycles. The van der Waals surface area contributed by atoms with Gasteiger partial charge in [0.1, 0.15) is 12.4 Å². The van der Waals surface area contributed by atoms with Crippen LogP contribution in [0.1, 0.15) is 43.1 Å². The van der Waals surface area contributed by atoms with Crippen LogP contribution in [0, 0.1) is 13.8 Å². The number of amides is 2. The Hall–Kier alpha value is -2.57. The lowest BCUT2D eigenvalue weighted by molar-refractivity contribution is 0.180. The highest BCUT2D eigenvalue weighted by Crippen LogP contribution is 2.30. The number of benzene rings is 1. The van der Waals surface area contributed by atoms with E-state index < -0.39 is 0 Å². The molecule has 2 aromatic rings. The number of carbonyl (C=O) groups excluding carboxylic acids is 1. The summed E-state index contributed by atoms with van der Waals surface area (Å²) in [6, 6.07) is 7.51. The Labute approximate surface area is 147 Å². The number of carbonyl (C=O) groups is 1. The fraction of sp³-hybridized carbons (Fsp3) is 0.500. The molecule has 1 aromatic carbocycles. The third-order valence-electron chi connectivity index (χ3n) is 4.21. The van der Waals surface area contributed by atoms with Crippen LogP contribution in [0.2, 0.25) is 0 Å². The van der Waals surface area contributed by atoms with Gasteiger partial charge in [-0.15, -0.1) is 0 Å². The minimum Gasteiger partial charge on any atom is -0.491 e. The highest BCUT2D eigenvalue weighted by Gasteiger charge is 2.33. The predicted molar refractivity (Wildman–Crippen MR) is 92.4 cm³/mol.